The highest BCUT2D eigenvalue weighted by atomic mass is 19.4. The molecule has 1 aromatic carbocycles. The van der Waals surface area contributed by atoms with Gasteiger partial charge in [0.05, 0.1) is 5.56 Å². The standard InChI is InChI=1S/C12H13F3O/c1-11(2,3)9-5-4-8(7-16)10(6-9)12(13,14)15/h4-7H,1-3H3. The molecule has 0 aliphatic carbocycles. The molecule has 0 aliphatic heterocycles. The van der Waals surface area contributed by atoms with Gasteiger partial charge in [0.25, 0.3) is 0 Å². The summed E-state index contributed by atoms with van der Waals surface area (Å²) < 4.78 is 37.9. The Bertz CT molecular complexity index is 400. The Balaban J connectivity index is 3.39. The normalized spacial score (nSPS) is 12.6. The van der Waals surface area contributed by atoms with Gasteiger partial charge in [-0.15, -0.1) is 0 Å². The molecule has 0 radical (unpaired) electrons. The second-order valence-corrected chi connectivity index (χ2v) is 4.67. The van der Waals surface area contributed by atoms with Gasteiger partial charge in [0.1, 0.15) is 0 Å². The summed E-state index contributed by atoms with van der Waals surface area (Å²) in [6.07, 6.45) is -4.26. The quantitative estimate of drug-likeness (QED) is 0.670. The van der Waals surface area contributed by atoms with Crippen LogP contribution in [0.5, 0.6) is 0 Å². The average molecular weight is 230 g/mol. The first-order valence-corrected chi connectivity index (χ1v) is 4.83. The lowest BCUT2D eigenvalue weighted by Gasteiger charge is -2.21. The fraction of sp³-hybridized carbons (Fsp3) is 0.417. The van der Waals surface area contributed by atoms with Crippen LogP contribution in [0.4, 0.5) is 13.2 Å². The molecule has 16 heavy (non-hydrogen) atoms. The third-order valence-electron chi connectivity index (χ3n) is 2.35. The van der Waals surface area contributed by atoms with E-state index in [1.54, 1.807) is 6.07 Å². The smallest absolute Gasteiger partial charge is 0.298 e. The SMILES string of the molecule is CC(C)(C)c1ccc(C=O)c(C(F)(F)F)c1. The summed E-state index contributed by atoms with van der Waals surface area (Å²) in [4.78, 5) is 10.5. The van der Waals surface area contributed by atoms with Crippen LogP contribution in [0.2, 0.25) is 0 Å². The van der Waals surface area contributed by atoms with Gasteiger partial charge in [-0.25, -0.2) is 0 Å². The first-order valence-electron chi connectivity index (χ1n) is 4.83. The molecule has 0 bridgehead atoms. The van der Waals surface area contributed by atoms with E-state index in [0.717, 1.165) is 6.07 Å². The van der Waals surface area contributed by atoms with E-state index in [-0.39, 0.29) is 17.3 Å². The van der Waals surface area contributed by atoms with Crippen LogP contribution in [0, 0.1) is 0 Å². The molecule has 0 heterocycles. The van der Waals surface area contributed by atoms with E-state index in [4.69, 9.17) is 0 Å². The van der Waals surface area contributed by atoms with Gasteiger partial charge in [-0.05, 0) is 17.0 Å². The summed E-state index contributed by atoms with van der Waals surface area (Å²) in [5.41, 5.74) is -0.998. The monoisotopic (exact) mass is 230 g/mol. The maximum Gasteiger partial charge on any atom is 0.417 e. The fourth-order valence-electron chi connectivity index (χ4n) is 1.37. The van der Waals surface area contributed by atoms with Crippen LogP contribution in [0.25, 0.3) is 0 Å². The third-order valence-corrected chi connectivity index (χ3v) is 2.35. The molecule has 0 saturated carbocycles. The number of hydrogen-bond donors (Lipinski definition) is 0. The molecule has 1 aromatic rings. The fourth-order valence-corrected chi connectivity index (χ4v) is 1.37. The van der Waals surface area contributed by atoms with Crippen molar-refractivity contribution in [3.05, 3.63) is 34.9 Å². The molecule has 0 aliphatic rings. The van der Waals surface area contributed by atoms with Crippen LogP contribution < -0.4 is 0 Å². The van der Waals surface area contributed by atoms with Crippen LogP contribution in [0.3, 0.4) is 0 Å². The van der Waals surface area contributed by atoms with Crippen molar-refractivity contribution in [1.82, 2.24) is 0 Å². The predicted molar refractivity (Wildman–Crippen MR) is 55.5 cm³/mol. The molecule has 0 unspecified atom stereocenters. The van der Waals surface area contributed by atoms with E-state index in [0.29, 0.717) is 5.56 Å². The van der Waals surface area contributed by atoms with Gasteiger partial charge >= 0.3 is 6.18 Å². The summed E-state index contributed by atoms with van der Waals surface area (Å²) >= 11 is 0. The maximum atomic E-state index is 12.6. The zero-order chi connectivity index (χ0) is 12.6. The van der Waals surface area contributed by atoms with Crippen LogP contribution in [-0.2, 0) is 11.6 Å². The van der Waals surface area contributed by atoms with E-state index < -0.39 is 11.7 Å². The summed E-state index contributed by atoms with van der Waals surface area (Å²) in [7, 11) is 0. The number of carbonyl (C=O) groups is 1. The Kier molecular flexibility index (Phi) is 3.13. The average Bonchev–Trinajstić information content (AvgIpc) is 2.14. The Morgan fingerprint density at radius 1 is 1.12 bits per heavy atom. The van der Waals surface area contributed by atoms with Gasteiger partial charge < -0.3 is 0 Å². The minimum absolute atomic E-state index is 0.231. The molecule has 0 atom stereocenters. The number of carbonyl (C=O) groups excluding carboxylic acids is 1. The van der Waals surface area contributed by atoms with Gasteiger partial charge in [-0.3, -0.25) is 4.79 Å². The van der Waals surface area contributed by atoms with E-state index >= 15 is 0 Å². The molecule has 0 fully saturated rings. The minimum atomic E-state index is -4.49. The summed E-state index contributed by atoms with van der Waals surface area (Å²) in [6.45, 7) is 5.47. The van der Waals surface area contributed by atoms with Gasteiger partial charge in [-0.2, -0.15) is 13.2 Å². The molecular weight excluding hydrogens is 217 g/mol. The summed E-state index contributed by atoms with van der Waals surface area (Å²) in [6, 6.07) is 3.82. The van der Waals surface area contributed by atoms with Crippen molar-refractivity contribution in [2.24, 2.45) is 0 Å². The topological polar surface area (TPSA) is 17.1 Å². The van der Waals surface area contributed by atoms with Crippen molar-refractivity contribution in [1.29, 1.82) is 0 Å². The number of benzene rings is 1. The zero-order valence-electron chi connectivity index (χ0n) is 9.35. The van der Waals surface area contributed by atoms with Crippen LogP contribution in [0.1, 0.15) is 42.3 Å². The van der Waals surface area contributed by atoms with Crippen molar-refractivity contribution in [3.63, 3.8) is 0 Å². The zero-order valence-corrected chi connectivity index (χ0v) is 9.35. The number of halogens is 3. The summed E-state index contributed by atoms with van der Waals surface area (Å²) in [5, 5.41) is 0. The van der Waals surface area contributed by atoms with Crippen LogP contribution >= 0.6 is 0 Å². The maximum absolute atomic E-state index is 12.6. The van der Waals surface area contributed by atoms with Gasteiger partial charge in [0, 0.05) is 5.56 Å². The van der Waals surface area contributed by atoms with E-state index in [1.807, 2.05) is 20.8 Å². The predicted octanol–water partition coefficient (Wildman–Crippen LogP) is 3.82. The highest BCUT2D eigenvalue weighted by molar-refractivity contribution is 5.77. The molecule has 0 amide bonds. The van der Waals surface area contributed by atoms with E-state index in [2.05, 4.69) is 0 Å². The van der Waals surface area contributed by atoms with Gasteiger partial charge in [0.2, 0.25) is 0 Å². The molecular formula is C12H13F3O. The van der Waals surface area contributed by atoms with Crippen LogP contribution in [0.15, 0.2) is 18.2 Å². The highest BCUT2D eigenvalue weighted by Crippen LogP contribution is 2.34. The molecule has 0 N–H and O–H groups in total. The Hall–Kier alpha value is -1.32. The lowest BCUT2D eigenvalue weighted by atomic mass is 9.85. The second-order valence-electron chi connectivity index (χ2n) is 4.67. The molecule has 88 valence electrons. The third kappa shape index (κ3) is 2.62. The number of hydrogen-bond acceptors (Lipinski definition) is 1. The van der Waals surface area contributed by atoms with Crippen molar-refractivity contribution >= 4 is 6.29 Å². The van der Waals surface area contributed by atoms with Crippen molar-refractivity contribution < 1.29 is 18.0 Å². The lowest BCUT2D eigenvalue weighted by molar-refractivity contribution is -0.137. The molecule has 0 saturated heterocycles. The summed E-state index contributed by atoms with van der Waals surface area (Å²) in [5.74, 6) is 0. The number of rotatable bonds is 1. The molecule has 1 rings (SSSR count). The highest BCUT2D eigenvalue weighted by Gasteiger charge is 2.34. The van der Waals surface area contributed by atoms with E-state index in [1.165, 1.54) is 6.07 Å². The van der Waals surface area contributed by atoms with Crippen molar-refractivity contribution in [3.8, 4) is 0 Å². The second kappa shape index (κ2) is 3.92. The van der Waals surface area contributed by atoms with Gasteiger partial charge in [-0.1, -0.05) is 32.9 Å². The van der Waals surface area contributed by atoms with E-state index in [9.17, 15) is 18.0 Å². The first kappa shape index (κ1) is 12.7. The van der Waals surface area contributed by atoms with Gasteiger partial charge in [0.15, 0.2) is 6.29 Å². The molecule has 1 nitrogen and oxygen atoms in total. The van der Waals surface area contributed by atoms with Crippen LogP contribution in [-0.4, -0.2) is 6.29 Å². The molecule has 4 heteroatoms. The number of alkyl halides is 3. The first-order chi connectivity index (χ1) is 7.16. The lowest BCUT2D eigenvalue weighted by Crippen LogP contribution is -2.15. The van der Waals surface area contributed by atoms with Crippen molar-refractivity contribution in [2.75, 3.05) is 0 Å². The Labute approximate surface area is 92.3 Å². The molecule has 0 spiro atoms. The number of aldehydes is 1. The Morgan fingerprint density at radius 2 is 1.69 bits per heavy atom. The molecule has 0 aromatic heterocycles. The van der Waals surface area contributed by atoms with Crippen molar-refractivity contribution in [2.45, 2.75) is 32.4 Å². The largest absolute Gasteiger partial charge is 0.417 e. The Morgan fingerprint density at radius 3 is 2.06 bits per heavy atom. The minimum Gasteiger partial charge on any atom is -0.298 e.